The van der Waals surface area contributed by atoms with E-state index >= 15 is 0 Å². The van der Waals surface area contributed by atoms with Gasteiger partial charge in [0.25, 0.3) is 0 Å². The van der Waals surface area contributed by atoms with Crippen molar-refractivity contribution in [3.63, 3.8) is 0 Å². The van der Waals surface area contributed by atoms with E-state index in [2.05, 4.69) is 3.97 Å². The van der Waals surface area contributed by atoms with Crippen LogP contribution in [0.25, 0.3) is 0 Å². The van der Waals surface area contributed by atoms with Gasteiger partial charge in [0.05, 0.1) is 0 Å². The summed E-state index contributed by atoms with van der Waals surface area (Å²) in [4.78, 5) is 15.4. The van der Waals surface area contributed by atoms with Gasteiger partial charge in [0.15, 0.2) is 0 Å². The summed E-state index contributed by atoms with van der Waals surface area (Å²) in [6.07, 6.45) is 0. The van der Waals surface area contributed by atoms with Crippen molar-refractivity contribution in [1.29, 1.82) is 0 Å². The van der Waals surface area contributed by atoms with Crippen LogP contribution in [0.1, 0.15) is 1.43 Å². The van der Waals surface area contributed by atoms with Gasteiger partial charge < -0.3 is 11.2 Å². The Morgan fingerprint density at radius 1 is 1.36 bits per heavy atom. The molecule has 3 N–H and O–H groups in total. The van der Waals surface area contributed by atoms with Crippen LogP contribution in [-0.2, 0) is 36.0 Å². The van der Waals surface area contributed by atoms with Crippen molar-refractivity contribution in [2.24, 2.45) is 0 Å². The number of hydrogen-bond donors (Lipinski definition) is 3. The molecule has 0 heterocycles. The molecule has 1 radical (unpaired) electrons. The maximum atomic E-state index is 9.58. The zero-order chi connectivity index (χ0) is 7.71. The van der Waals surface area contributed by atoms with Crippen LogP contribution in [0.15, 0.2) is 0 Å². The number of rotatable bonds is 2. The van der Waals surface area contributed by atoms with E-state index < -0.39 is 18.2 Å². The topological polar surface area (TPSA) is 121 Å². The monoisotopic (exact) mass is 281 g/mol. The predicted octanol–water partition coefficient (Wildman–Crippen LogP) is -3.99. The molecular formula is H4CuKO7PS. The maximum absolute atomic E-state index is 9.58. The number of phosphoric acid groups is 1. The summed E-state index contributed by atoms with van der Waals surface area (Å²) in [6, 6.07) is 0. The Kier molecular flexibility index (Phi) is 11.3. The Bertz CT molecular complexity index is 230. The van der Waals surface area contributed by atoms with Crippen molar-refractivity contribution in [3.8, 4) is 0 Å². The molecular weight excluding hydrogens is 278 g/mol. The minimum absolute atomic E-state index is 0. The number of hydrogen-bond acceptors (Lipinski definition) is 4. The van der Waals surface area contributed by atoms with E-state index in [0.29, 0.717) is 0 Å². The summed E-state index contributed by atoms with van der Waals surface area (Å²) in [5, 5.41) is 0. The third-order valence-electron chi connectivity index (χ3n) is 0.191. The zero-order valence-corrected chi connectivity index (χ0v) is 10.9. The molecule has 7 nitrogen and oxygen atoms in total. The Labute approximate surface area is 117 Å². The molecule has 0 aromatic carbocycles. The minimum Gasteiger partial charge on any atom is -1.00 e. The average molecular weight is 282 g/mol. The Morgan fingerprint density at radius 2 is 1.64 bits per heavy atom. The van der Waals surface area contributed by atoms with Crippen LogP contribution in [0.4, 0.5) is 0 Å². The van der Waals surface area contributed by atoms with Crippen molar-refractivity contribution in [3.05, 3.63) is 0 Å². The molecule has 11 heteroatoms. The summed E-state index contributed by atoms with van der Waals surface area (Å²) in [7, 11) is -10.2. The molecule has 0 saturated heterocycles. The first kappa shape index (κ1) is 18.9. The Morgan fingerprint density at radius 3 is 1.64 bits per heavy atom. The standard InChI is InChI=1S/Cu.K.H3O7PS.H/c;;1-8(2,3)7-9(4,5)6;/h;;(H2,1,2,3)(H,4,5,6);/q;+1;;-1. The molecule has 0 aliphatic heterocycles. The van der Waals surface area contributed by atoms with Crippen molar-refractivity contribution in [2.45, 2.75) is 0 Å². The third-order valence-corrected chi connectivity index (χ3v) is 1.72. The van der Waals surface area contributed by atoms with Crippen LogP contribution in [-0.4, -0.2) is 22.8 Å². The molecule has 0 fully saturated rings. The predicted molar refractivity (Wildman–Crippen MR) is 25.8 cm³/mol. The van der Waals surface area contributed by atoms with Crippen LogP contribution in [0.3, 0.4) is 0 Å². The van der Waals surface area contributed by atoms with Crippen molar-refractivity contribution < 1.29 is 101 Å². The summed E-state index contributed by atoms with van der Waals surface area (Å²) in [5.41, 5.74) is 0. The fourth-order valence-corrected chi connectivity index (χ4v) is 1.10. The van der Waals surface area contributed by atoms with Gasteiger partial charge in [-0.15, -0.1) is 3.97 Å². The van der Waals surface area contributed by atoms with Gasteiger partial charge in [0.1, 0.15) is 0 Å². The van der Waals surface area contributed by atoms with E-state index in [0.717, 1.165) is 0 Å². The van der Waals surface area contributed by atoms with Gasteiger partial charge in [0.2, 0.25) is 0 Å². The molecule has 0 saturated carbocycles. The molecule has 0 unspecified atom stereocenters. The van der Waals surface area contributed by atoms with Gasteiger partial charge >= 0.3 is 69.6 Å². The van der Waals surface area contributed by atoms with Crippen molar-refractivity contribution in [2.75, 3.05) is 0 Å². The van der Waals surface area contributed by atoms with Crippen molar-refractivity contribution in [1.82, 2.24) is 0 Å². The van der Waals surface area contributed by atoms with Gasteiger partial charge in [-0.3, -0.25) is 4.55 Å². The zero-order valence-electron chi connectivity index (χ0n) is 6.13. The van der Waals surface area contributed by atoms with Crippen LogP contribution in [0.2, 0.25) is 0 Å². The molecule has 0 rings (SSSR count). The van der Waals surface area contributed by atoms with E-state index in [-0.39, 0.29) is 69.9 Å². The minimum atomic E-state index is -5.13. The van der Waals surface area contributed by atoms with E-state index in [4.69, 9.17) is 14.3 Å². The van der Waals surface area contributed by atoms with Crippen LogP contribution >= 0.6 is 7.82 Å². The SMILES string of the molecule is O=P(O)(O)OS(=O)(=O)O.[Cu].[H-].[K+]. The summed E-state index contributed by atoms with van der Waals surface area (Å²) < 4.78 is 39.0. The first-order valence-corrected chi connectivity index (χ1v) is 4.34. The fraction of sp³-hybridized carbons (Fsp3) is 0. The first-order chi connectivity index (χ1) is 3.71. The molecule has 0 atom stereocenters. The Hall–Kier alpha value is 2.18. The van der Waals surface area contributed by atoms with E-state index in [1.165, 1.54) is 0 Å². The molecule has 69 valence electrons. The van der Waals surface area contributed by atoms with Gasteiger partial charge in [0, 0.05) is 17.1 Å². The quantitative estimate of drug-likeness (QED) is 0.268. The maximum Gasteiger partial charge on any atom is 1.00 e. The molecule has 0 aromatic heterocycles. The van der Waals surface area contributed by atoms with Crippen LogP contribution < -0.4 is 51.4 Å². The second-order valence-corrected chi connectivity index (χ2v) is 3.43. The Balaban J connectivity index is -0.000000107. The second kappa shape index (κ2) is 6.60. The molecule has 0 amide bonds. The normalized spacial score (nSPS) is 11.2. The van der Waals surface area contributed by atoms with Crippen LogP contribution in [0.5, 0.6) is 0 Å². The largest absolute Gasteiger partial charge is 1.00 e. The molecule has 11 heavy (non-hydrogen) atoms. The first-order valence-electron chi connectivity index (χ1n) is 1.45. The van der Waals surface area contributed by atoms with Gasteiger partial charge in [-0.2, -0.15) is 8.42 Å². The third kappa shape index (κ3) is 18.9. The smallest absolute Gasteiger partial charge is 1.00 e. The van der Waals surface area contributed by atoms with E-state index in [1.54, 1.807) is 0 Å². The molecule has 0 bridgehead atoms. The van der Waals surface area contributed by atoms with Gasteiger partial charge in [-0.1, -0.05) is 0 Å². The van der Waals surface area contributed by atoms with Crippen molar-refractivity contribution >= 4 is 18.2 Å². The molecule has 0 spiro atoms. The molecule has 0 aromatic rings. The molecule has 0 aliphatic rings. The van der Waals surface area contributed by atoms with E-state index in [9.17, 15) is 13.0 Å². The van der Waals surface area contributed by atoms with E-state index in [1.807, 2.05) is 0 Å². The summed E-state index contributed by atoms with van der Waals surface area (Å²) >= 11 is 0. The summed E-state index contributed by atoms with van der Waals surface area (Å²) in [6.45, 7) is 0. The van der Waals surface area contributed by atoms with Gasteiger partial charge in [-0.25, -0.2) is 4.57 Å². The average Bonchev–Trinajstić information content (AvgIpc) is 1.14. The van der Waals surface area contributed by atoms with Gasteiger partial charge in [-0.05, 0) is 0 Å². The second-order valence-electron chi connectivity index (χ2n) is 0.993. The molecule has 0 aliphatic carbocycles. The summed E-state index contributed by atoms with van der Waals surface area (Å²) in [5.74, 6) is 0. The fourth-order valence-electron chi connectivity index (χ4n) is 0.123. The van der Waals surface area contributed by atoms with Crippen LogP contribution in [0, 0.1) is 0 Å².